The van der Waals surface area contributed by atoms with E-state index in [9.17, 15) is 0 Å². The van der Waals surface area contributed by atoms with Crippen LogP contribution in [0.15, 0.2) is 0 Å². The Bertz CT molecular complexity index is 159. The first-order valence-electron chi connectivity index (χ1n) is 6.38. The Morgan fingerprint density at radius 3 is 2.56 bits per heavy atom. The third-order valence-corrected chi connectivity index (χ3v) is 3.10. The van der Waals surface area contributed by atoms with Crippen LogP contribution >= 0.6 is 0 Å². The summed E-state index contributed by atoms with van der Waals surface area (Å²) in [6, 6.07) is 1.12. The maximum Gasteiger partial charge on any atom is 0.0700 e. The predicted molar refractivity (Wildman–Crippen MR) is 65.5 cm³/mol. The minimum atomic E-state index is 0.440. The fourth-order valence-electron chi connectivity index (χ4n) is 2.05. The van der Waals surface area contributed by atoms with Crippen LogP contribution in [0, 0.1) is 0 Å². The smallest absolute Gasteiger partial charge is 0.0700 e. The van der Waals surface area contributed by atoms with E-state index in [0.717, 1.165) is 19.6 Å². The summed E-state index contributed by atoms with van der Waals surface area (Å²) in [6.45, 7) is 3.26. The van der Waals surface area contributed by atoms with Gasteiger partial charge in [-0.3, -0.25) is 0 Å². The second-order valence-corrected chi connectivity index (χ2v) is 4.52. The van der Waals surface area contributed by atoms with Crippen LogP contribution in [-0.2, 0) is 9.47 Å². The molecule has 0 saturated heterocycles. The van der Waals surface area contributed by atoms with Crippen LogP contribution in [0.3, 0.4) is 0 Å². The molecule has 0 spiro atoms. The zero-order valence-corrected chi connectivity index (χ0v) is 10.4. The van der Waals surface area contributed by atoms with Crippen LogP contribution < -0.4 is 11.1 Å². The first-order chi connectivity index (χ1) is 7.83. The summed E-state index contributed by atoms with van der Waals surface area (Å²) < 4.78 is 10.3. The van der Waals surface area contributed by atoms with Crippen LogP contribution in [0.1, 0.15) is 32.1 Å². The van der Waals surface area contributed by atoms with Gasteiger partial charge in [0.2, 0.25) is 0 Å². The highest BCUT2D eigenvalue weighted by molar-refractivity contribution is 4.78. The lowest BCUT2D eigenvalue weighted by Gasteiger charge is -2.26. The number of nitrogens with two attached hydrogens (primary N) is 1. The molecule has 0 aromatic heterocycles. The molecule has 0 aromatic carbocycles. The largest absolute Gasteiger partial charge is 0.382 e. The second-order valence-electron chi connectivity index (χ2n) is 4.52. The van der Waals surface area contributed by atoms with Crippen LogP contribution in [0.4, 0.5) is 0 Å². The fourth-order valence-corrected chi connectivity index (χ4v) is 2.05. The van der Waals surface area contributed by atoms with Crippen molar-refractivity contribution in [1.82, 2.24) is 5.32 Å². The van der Waals surface area contributed by atoms with E-state index in [1.54, 1.807) is 7.11 Å². The van der Waals surface area contributed by atoms with Crippen LogP contribution in [0.5, 0.6) is 0 Å². The average molecular weight is 230 g/mol. The Balaban J connectivity index is 1.84. The molecule has 3 N–H and O–H groups in total. The highest BCUT2D eigenvalue weighted by Gasteiger charge is 2.17. The molecule has 0 radical (unpaired) electrons. The lowest BCUT2D eigenvalue weighted by atomic mass is 9.92. The van der Waals surface area contributed by atoms with Gasteiger partial charge in [-0.2, -0.15) is 0 Å². The van der Waals surface area contributed by atoms with Crippen molar-refractivity contribution < 1.29 is 9.47 Å². The molecule has 1 rings (SSSR count). The lowest BCUT2D eigenvalue weighted by molar-refractivity contribution is 0.0691. The molecule has 0 heterocycles. The van der Waals surface area contributed by atoms with Crippen molar-refractivity contribution in [2.75, 3.05) is 33.5 Å². The van der Waals surface area contributed by atoms with Crippen molar-refractivity contribution in [1.29, 1.82) is 0 Å². The van der Waals surface area contributed by atoms with Crippen LogP contribution in [-0.4, -0.2) is 45.6 Å². The van der Waals surface area contributed by atoms with E-state index in [2.05, 4.69) is 5.32 Å². The van der Waals surface area contributed by atoms with Gasteiger partial charge >= 0.3 is 0 Å². The molecule has 0 aliphatic heterocycles. The maximum atomic E-state index is 5.86. The summed E-state index contributed by atoms with van der Waals surface area (Å²) in [7, 11) is 1.69. The van der Waals surface area contributed by atoms with Crippen molar-refractivity contribution in [3.63, 3.8) is 0 Å². The molecule has 0 bridgehead atoms. The Labute approximate surface area is 98.9 Å². The molecule has 0 unspecified atom stereocenters. The summed E-state index contributed by atoms with van der Waals surface area (Å²) in [5, 5.41) is 3.57. The molecule has 96 valence electrons. The van der Waals surface area contributed by atoms with Gasteiger partial charge in [-0.1, -0.05) is 0 Å². The third-order valence-electron chi connectivity index (χ3n) is 3.10. The zero-order chi connectivity index (χ0) is 11.6. The third kappa shape index (κ3) is 6.43. The summed E-state index contributed by atoms with van der Waals surface area (Å²) in [5.41, 5.74) is 5.86. The Hall–Kier alpha value is -0.160. The molecule has 16 heavy (non-hydrogen) atoms. The van der Waals surface area contributed by atoms with Gasteiger partial charge in [-0.25, -0.2) is 0 Å². The number of hydrogen-bond acceptors (Lipinski definition) is 4. The first kappa shape index (κ1) is 13.9. The van der Waals surface area contributed by atoms with E-state index in [1.165, 1.54) is 25.7 Å². The van der Waals surface area contributed by atoms with Gasteiger partial charge < -0.3 is 20.5 Å². The normalized spacial score (nSPS) is 25.9. The molecule has 0 amide bonds. The van der Waals surface area contributed by atoms with Crippen molar-refractivity contribution >= 4 is 0 Å². The van der Waals surface area contributed by atoms with E-state index in [-0.39, 0.29) is 0 Å². The summed E-state index contributed by atoms with van der Waals surface area (Å²) in [6.07, 6.45) is 5.87. The van der Waals surface area contributed by atoms with Gasteiger partial charge in [0.05, 0.1) is 13.2 Å². The molecular formula is C12H26N2O2. The monoisotopic (exact) mass is 230 g/mol. The van der Waals surface area contributed by atoms with Crippen LogP contribution in [0.2, 0.25) is 0 Å². The van der Waals surface area contributed by atoms with Crippen molar-refractivity contribution in [3.8, 4) is 0 Å². The summed E-state index contributed by atoms with van der Waals surface area (Å²) in [4.78, 5) is 0. The number of ether oxygens (including phenoxy) is 2. The number of hydrogen-bond donors (Lipinski definition) is 2. The van der Waals surface area contributed by atoms with Gasteiger partial charge in [-0.15, -0.1) is 0 Å². The van der Waals surface area contributed by atoms with E-state index in [1.807, 2.05) is 0 Å². The Kier molecular flexibility index (Phi) is 7.76. The topological polar surface area (TPSA) is 56.5 Å². The lowest BCUT2D eigenvalue weighted by Crippen LogP contribution is -2.38. The quantitative estimate of drug-likeness (QED) is 0.608. The average Bonchev–Trinajstić information content (AvgIpc) is 2.30. The number of methoxy groups -OCH3 is 1. The molecular weight excluding hydrogens is 204 g/mol. The fraction of sp³-hybridized carbons (Fsp3) is 1.00. The van der Waals surface area contributed by atoms with E-state index in [0.29, 0.717) is 25.3 Å². The number of nitrogens with one attached hydrogen (secondary N) is 1. The zero-order valence-electron chi connectivity index (χ0n) is 10.4. The highest BCUT2D eigenvalue weighted by atomic mass is 16.5. The van der Waals surface area contributed by atoms with Gasteiger partial charge in [0.25, 0.3) is 0 Å². The highest BCUT2D eigenvalue weighted by Crippen LogP contribution is 2.16. The molecule has 0 atom stereocenters. The molecule has 1 aliphatic carbocycles. The summed E-state index contributed by atoms with van der Waals surface area (Å²) >= 11 is 0. The van der Waals surface area contributed by atoms with Gasteiger partial charge in [0.1, 0.15) is 0 Å². The minimum Gasteiger partial charge on any atom is -0.382 e. The summed E-state index contributed by atoms with van der Waals surface area (Å²) in [5.74, 6) is 0. The Morgan fingerprint density at radius 2 is 1.88 bits per heavy atom. The first-order valence-corrected chi connectivity index (χ1v) is 6.38. The SMILES string of the molecule is COCCOCCCNC1CCC(N)CC1. The van der Waals surface area contributed by atoms with E-state index >= 15 is 0 Å². The van der Waals surface area contributed by atoms with E-state index in [4.69, 9.17) is 15.2 Å². The maximum absolute atomic E-state index is 5.86. The molecule has 1 aliphatic rings. The standard InChI is InChI=1S/C12H26N2O2/c1-15-9-10-16-8-2-7-14-12-5-3-11(13)4-6-12/h11-12,14H,2-10,13H2,1H3. The van der Waals surface area contributed by atoms with Gasteiger partial charge in [0.15, 0.2) is 0 Å². The molecule has 4 heteroatoms. The van der Waals surface area contributed by atoms with Crippen molar-refractivity contribution in [2.45, 2.75) is 44.2 Å². The van der Waals surface area contributed by atoms with E-state index < -0.39 is 0 Å². The van der Waals surface area contributed by atoms with Gasteiger partial charge in [-0.05, 0) is 38.6 Å². The minimum absolute atomic E-state index is 0.440. The molecule has 4 nitrogen and oxygen atoms in total. The van der Waals surface area contributed by atoms with Crippen molar-refractivity contribution in [2.24, 2.45) is 5.73 Å². The molecule has 1 fully saturated rings. The van der Waals surface area contributed by atoms with Crippen LogP contribution in [0.25, 0.3) is 0 Å². The van der Waals surface area contributed by atoms with Crippen molar-refractivity contribution in [3.05, 3.63) is 0 Å². The second kappa shape index (κ2) is 8.93. The molecule has 0 aromatic rings. The predicted octanol–water partition coefficient (Wildman–Crippen LogP) is 0.899. The molecule has 1 saturated carbocycles. The van der Waals surface area contributed by atoms with Gasteiger partial charge in [0, 0.05) is 25.8 Å². The Morgan fingerprint density at radius 1 is 1.12 bits per heavy atom. The number of rotatable bonds is 8.